The summed E-state index contributed by atoms with van der Waals surface area (Å²) in [5.41, 5.74) is 5.88. The van der Waals surface area contributed by atoms with Gasteiger partial charge in [-0.3, -0.25) is 14.5 Å². The van der Waals surface area contributed by atoms with Crippen molar-refractivity contribution in [3.05, 3.63) is 22.3 Å². The zero-order chi connectivity index (χ0) is 26.5. The van der Waals surface area contributed by atoms with Gasteiger partial charge in [0.15, 0.2) is 10.8 Å². The van der Waals surface area contributed by atoms with Gasteiger partial charge in [-0.15, -0.1) is 40.6 Å². The normalized spacial score (nSPS) is 18.9. The first-order valence-corrected chi connectivity index (χ1v) is 13.5. The Balaban J connectivity index is 0.00000400. The van der Waals surface area contributed by atoms with Gasteiger partial charge in [-0.25, -0.2) is 14.5 Å². The number of hydrogen-bond acceptors (Lipinski definition) is 15. The third kappa shape index (κ3) is 6.18. The fourth-order valence-electron chi connectivity index (χ4n) is 3.44. The molecule has 1 unspecified atom stereocenters. The van der Waals surface area contributed by atoms with Gasteiger partial charge in [-0.2, -0.15) is 0 Å². The number of rotatable bonds is 12. The number of nitrogens with two attached hydrogens (primary N) is 1. The van der Waals surface area contributed by atoms with Crippen LogP contribution < -0.4 is 11.1 Å². The summed E-state index contributed by atoms with van der Waals surface area (Å²) < 4.78 is 1.39. The molecule has 2 aliphatic rings. The van der Waals surface area contributed by atoms with Crippen LogP contribution in [-0.4, -0.2) is 112 Å². The molecule has 16 nitrogen and oxygen atoms in total. The molecule has 20 heteroatoms. The molecule has 2 amide bonds. The third-order valence-electron chi connectivity index (χ3n) is 5.04. The fraction of sp³-hybridized carbons (Fsp3) is 0.444. The Kier molecular flexibility index (Phi) is 10.3. The van der Waals surface area contributed by atoms with Gasteiger partial charge in [0.1, 0.15) is 29.4 Å². The van der Waals surface area contributed by atoms with Crippen molar-refractivity contribution in [1.82, 2.24) is 35.4 Å². The van der Waals surface area contributed by atoms with E-state index in [0.717, 1.165) is 16.2 Å². The van der Waals surface area contributed by atoms with Crippen LogP contribution in [0.3, 0.4) is 0 Å². The van der Waals surface area contributed by atoms with E-state index in [-0.39, 0.29) is 66.8 Å². The van der Waals surface area contributed by atoms with E-state index in [1.807, 2.05) is 0 Å². The number of nitrogens with zero attached hydrogens (tertiary/aromatic N) is 7. The first-order chi connectivity index (χ1) is 17.8. The van der Waals surface area contributed by atoms with E-state index in [1.54, 1.807) is 0 Å². The number of amides is 2. The van der Waals surface area contributed by atoms with Gasteiger partial charge in [0.2, 0.25) is 5.16 Å². The lowest BCUT2D eigenvalue weighted by atomic mass is 10.0. The number of carboxylic acid groups (broad SMARTS) is 1. The SMILES string of the molecule is Cl.Nc1nc(/C(=N/OCCO)C(=O)NC2C(=O)N3C(C(=O)O)=C(CSc4nnnn4CCO)CS[C@H]23)cs1. The summed E-state index contributed by atoms with van der Waals surface area (Å²) in [6.45, 7) is -0.462. The van der Waals surface area contributed by atoms with E-state index in [0.29, 0.717) is 16.5 Å². The number of carbonyl (C=O) groups is 3. The van der Waals surface area contributed by atoms with Crippen LogP contribution in [0.1, 0.15) is 5.69 Å². The molecule has 1 saturated heterocycles. The predicted molar refractivity (Wildman–Crippen MR) is 139 cm³/mol. The van der Waals surface area contributed by atoms with E-state index in [2.05, 4.69) is 31.0 Å². The number of halogens is 1. The molecular weight excluding hydrogens is 586 g/mol. The van der Waals surface area contributed by atoms with E-state index in [1.165, 1.54) is 33.6 Å². The van der Waals surface area contributed by atoms with Crippen molar-refractivity contribution in [2.24, 2.45) is 5.16 Å². The molecule has 0 spiro atoms. The van der Waals surface area contributed by atoms with E-state index < -0.39 is 29.2 Å². The molecule has 0 aromatic carbocycles. The minimum atomic E-state index is -1.27. The lowest BCUT2D eigenvalue weighted by Gasteiger charge is -2.49. The van der Waals surface area contributed by atoms with Crippen LogP contribution in [0.2, 0.25) is 0 Å². The van der Waals surface area contributed by atoms with Crippen LogP contribution in [0.5, 0.6) is 0 Å². The van der Waals surface area contributed by atoms with E-state index in [9.17, 15) is 19.5 Å². The lowest BCUT2D eigenvalue weighted by Crippen LogP contribution is -2.71. The molecule has 4 heterocycles. The summed E-state index contributed by atoms with van der Waals surface area (Å²) in [5.74, 6) is -2.13. The van der Waals surface area contributed by atoms with Gasteiger partial charge in [-0.05, 0) is 16.0 Å². The second-order valence-corrected chi connectivity index (χ2v) is 10.3. The van der Waals surface area contributed by atoms with Crippen LogP contribution in [0, 0.1) is 0 Å². The van der Waals surface area contributed by atoms with Gasteiger partial charge in [-0.1, -0.05) is 16.9 Å². The number of tetrazole rings is 1. The topological polar surface area (TPSA) is 231 Å². The predicted octanol–water partition coefficient (Wildman–Crippen LogP) is -1.63. The monoisotopic (exact) mass is 607 g/mol. The number of hydrogen-bond donors (Lipinski definition) is 5. The highest BCUT2D eigenvalue weighted by Crippen LogP contribution is 2.41. The average molecular weight is 608 g/mol. The molecule has 2 aliphatic heterocycles. The summed E-state index contributed by atoms with van der Waals surface area (Å²) in [7, 11) is 0. The quantitative estimate of drug-likeness (QED) is 0.0599. The van der Waals surface area contributed by atoms with Crippen LogP contribution >= 0.6 is 47.3 Å². The number of anilines is 1. The highest BCUT2D eigenvalue weighted by molar-refractivity contribution is 8.01. The van der Waals surface area contributed by atoms with Crippen molar-refractivity contribution in [3.63, 3.8) is 0 Å². The number of aliphatic carboxylic acids is 1. The molecule has 206 valence electrons. The van der Waals surface area contributed by atoms with Gasteiger partial charge < -0.3 is 31.2 Å². The average Bonchev–Trinajstić information content (AvgIpc) is 3.51. The third-order valence-corrected chi connectivity index (χ3v) is 8.10. The number of oxime groups is 1. The number of carbonyl (C=O) groups excluding carboxylic acids is 2. The zero-order valence-electron chi connectivity index (χ0n) is 19.3. The van der Waals surface area contributed by atoms with Crippen molar-refractivity contribution in [2.45, 2.75) is 23.1 Å². The van der Waals surface area contributed by atoms with Gasteiger partial charge in [0.05, 0.1) is 19.8 Å². The summed E-state index contributed by atoms with van der Waals surface area (Å²) >= 11 is 3.56. The van der Waals surface area contributed by atoms with Crippen molar-refractivity contribution >= 4 is 75.9 Å². The number of aliphatic hydroxyl groups excluding tert-OH is 2. The number of β-lactam (4-membered cyclic amide) rings is 1. The number of thioether (sulfide) groups is 2. The second kappa shape index (κ2) is 13.2. The fourth-order valence-corrected chi connectivity index (χ4v) is 6.38. The minimum absolute atomic E-state index is 0. The van der Waals surface area contributed by atoms with Crippen molar-refractivity contribution in [3.8, 4) is 0 Å². The lowest BCUT2D eigenvalue weighted by molar-refractivity contribution is -0.150. The standard InChI is InChI=1S/C18H21N9O7S3.ClH/c19-17-20-9(7-36-17)10(23-34-4-3-29)13(30)21-11-14(31)27-12(16(32)33)8(5-35-15(11)27)6-37-18-22-24-25-26(18)1-2-28;/h7,11,15,28-29H,1-6H2,(H2,19,20)(H,21,30)(H,32,33);1H/b23-10-;/t11?,15-;/m1./s1. The summed E-state index contributed by atoms with van der Waals surface area (Å²) in [4.78, 5) is 48.1. The largest absolute Gasteiger partial charge is 0.477 e. The molecule has 2 atom stereocenters. The maximum atomic E-state index is 13.0. The molecule has 2 aromatic heterocycles. The Labute approximate surface area is 233 Å². The maximum Gasteiger partial charge on any atom is 0.352 e. The minimum Gasteiger partial charge on any atom is -0.477 e. The number of aliphatic hydroxyl groups is 2. The molecule has 0 saturated carbocycles. The summed E-state index contributed by atoms with van der Waals surface area (Å²) in [6, 6.07) is -1.00. The van der Waals surface area contributed by atoms with Crippen LogP contribution in [-0.2, 0) is 25.8 Å². The van der Waals surface area contributed by atoms with Gasteiger partial charge >= 0.3 is 5.97 Å². The van der Waals surface area contributed by atoms with Gasteiger partial charge in [0.25, 0.3) is 11.8 Å². The molecule has 38 heavy (non-hydrogen) atoms. The van der Waals surface area contributed by atoms with Crippen LogP contribution in [0.4, 0.5) is 5.13 Å². The van der Waals surface area contributed by atoms with Crippen molar-refractivity contribution in [1.29, 1.82) is 0 Å². The number of carboxylic acids is 1. The van der Waals surface area contributed by atoms with Crippen LogP contribution in [0.15, 0.2) is 27.0 Å². The molecule has 0 radical (unpaired) electrons. The second-order valence-electron chi connectivity index (χ2n) is 7.38. The Hall–Kier alpha value is -2.97. The first-order valence-electron chi connectivity index (χ1n) is 10.6. The number of nitrogen functional groups attached to an aromatic ring is 1. The maximum absolute atomic E-state index is 13.0. The van der Waals surface area contributed by atoms with Gasteiger partial charge in [0, 0.05) is 16.9 Å². The molecule has 1 fully saturated rings. The molecular formula is C18H22ClN9O7S3. The Morgan fingerprint density at radius 1 is 1.34 bits per heavy atom. The summed E-state index contributed by atoms with van der Waals surface area (Å²) in [6.07, 6.45) is 0. The first kappa shape index (κ1) is 29.6. The number of nitrogens with one attached hydrogen (secondary N) is 1. The van der Waals surface area contributed by atoms with Crippen molar-refractivity contribution in [2.75, 3.05) is 37.1 Å². The smallest absolute Gasteiger partial charge is 0.352 e. The molecule has 6 N–H and O–H groups in total. The molecule has 2 aromatic rings. The molecule has 0 bridgehead atoms. The highest BCUT2D eigenvalue weighted by Gasteiger charge is 2.54. The number of aromatic nitrogens is 5. The molecule has 0 aliphatic carbocycles. The Morgan fingerprint density at radius 3 is 2.79 bits per heavy atom. The Morgan fingerprint density at radius 2 is 2.13 bits per heavy atom. The van der Waals surface area contributed by atoms with E-state index >= 15 is 0 Å². The summed E-state index contributed by atoms with van der Waals surface area (Å²) in [5, 5.41) is 46.8. The Bertz CT molecular complexity index is 1250. The van der Waals surface area contributed by atoms with Crippen molar-refractivity contribution < 1.29 is 34.5 Å². The zero-order valence-corrected chi connectivity index (χ0v) is 22.6. The van der Waals surface area contributed by atoms with E-state index in [4.69, 9.17) is 20.8 Å². The number of thiazole rings is 1. The number of fused-ring (bicyclic) bond motifs is 1. The highest BCUT2D eigenvalue weighted by atomic mass is 35.5. The molecule has 4 rings (SSSR count). The van der Waals surface area contributed by atoms with Crippen LogP contribution in [0.25, 0.3) is 0 Å².